The molecule has 2 atom stereocenters. The molecule has 0 radical (unpaired) electrons. The fourth-order valence-electron chi connectivity index (χ4n) is 1.91. The lowest BCUT2D eigenvalue weighted by atomic mass is 10.1. The summed E-state index contributed by atoms with van der Waals surface area (Å²) in [6, 6.07) is 0. The number of halogens is 3. The molecule has 16 heavy (non-hydrogen) atoms. The molecule has 0 aliphatic carbocycles. The van der Waals surface area contributed by atoms with Crippen LogP contribution in [0.3, 0.4) is 0 Å². The average Bonchev–Trinajstić information content (AvgIpc) is 2.12. The van der Waals surface area contributed by atoms with Crippen molar-refractivity contribution >= 4 is 9.84 Å². The topological polar surface area (TPSA) is 54.4 Å². The zero-order valence-corrected chi connectivity index (χ0v) is 9.52. The van der Waals surface area contributed by atoms with E-state index in [0.717, 1.165) is 0 Å². The fraction of sp³-hybridized carbons (Fsp3) is 1.00. The second-order valence-corrected chi connectivity index (χ2v) is 6.46. The van der Waals surface area contributed by atoms with Gasteiger partial charge < -0.3 is 5.11 Å². The average molecular weight is 260 g/mol. The summed E-state index contributed by atoms with van der Waals surface area (Å²) < 4.78 is 58.8. The van der Waals surface area contributed by atoms with Gasteiger partial charge in [-0.25, -0.2) is 8.42 Å². The molecule has 1 N–H and O–H groups in total. The van der Waals surface area contributed by atoms with Gasteiger partial charge in [-0.1, -0.05) is 6.42 Å². The van der Waals surface area contributed by atoms with Crippen molar-refractivity contribution in [3.8, 4) is 0 Å². The highest BCUT2D eigenvalue weighted by Crippen LogP contribution is 2.28. The molecule has 0 aromatic heterocycles. The summed E-state index contributed by atoms with van der Waals surface area (Å²) in [4.78, 5) is 0. The Bertz CT molecular complexity index is 323. The minimum absolute atomic E-state index is 0.0270. The van der Waals surface area contributed by atoms with E-state index in [1.807, 2.05) is 0 Å². The summed E-state index contributed by atoms with van der Waals surface area (Å²) in [5.41, 5.74) is 0. The van der Waals surface area contributed by atoms with E-state index in [1.165, 1.54) is 0 Å². The van der Waals surface area contributed by atoms with Crippen LogP contribution in [0.25, 0.3) is 0 Å². The van der Waals surface area contributed by atoms with Crippen LogP contribution in [0.5, 0.6) is 0 Å². The molecule has 1 rings (SSSR count). The Labute approximate surface area is 92.6 Å². The Balaban J connectivity index is 2.56. The third-order valence-electron chi connectivity index (χ3n) is 2.78. The second kappa shape index (κ2) is 4.91. The van der Waals surface area contributed by atoms with Crippen LogP contribution in [0.15, 0.2) is 0 Å². The smallest absolute Gasteiger partial charge is 0.389 e. The van der Waals surface area contributed by atoms with Gasteiger partial charge in [-0.3, -0.25) is 0 Å². The highest BCUT2D eigenvalue weighted by atomic mass is 32.2. The lowest BCUT2D eigenvalue weighted by Gasteiger charge is -2.26. The predicted octanol–water partition coefficient (Wildman–Crippen LogP) is 1.66. The largest absolute Gasteiger partial charge is 0.392 e. The minimum Gasteiger partial charge on any atom is -0.392 e. The Morgan fingerprint density at radius 1 is 1.31 bits per heavy atom. The van der Waals surface area contributed by atoms with Gasteiger partial charge in [0.2, 0.25) is 0 Å². The van der Waals surface area contributed by atoms with Crippen molar-refractivity contribution < 1.29 is 26.7 Å². The number of hydrogen-bond acceptors (Lipinski definition) is 3. The van der Waals surface area contributed by atoms with Gasteiger partial charge in [0.25, 0.3) is 0 Å². The monoisotopic (exact) mass is 260 g/mol. The summed E-state index contributed by atoms with van der Waals surface area (Å²) in [6.45, 7) is 0. The van der Waals surface area contributed by atoms with Gasteiger partial charge in [-0.15, -0.1) is 0 Å². The summed E-state index contributed by atoms with van der Waals surface area (Å²) in [5, 5.41) is 8.48. The molecule has 0 bridgehead atoms. The number of alkyl halides is 3. The molecule has 1 fully saturated rings. The van der Waals surface area contributed by atoms with Crippen molar-refractivity contribution in [3.05, 3.63) is 0 Å². The maximum absolute atomic E-state index is 11.9. The van der Waals surface area contributed by atoms with Crippen LogP contribution < -0.4 is 0 Å². The Hall–Kier alpha value is -0.300. The fourth-order valence-corrected chi connectivity index (χ4v) is 3.96. The molecule has 0 amide bonds. The van der Waals surface area contributed by atoms with Crippen LogP contribution in [0, 0.1) is 0 Å². The van der Waals surface area contributed by atoms with Gasteiger partial charge in [0, 0.05) is 6.42 Å². The highest BCUT2D eigenvalue weighted by molar-refractivity contribution is 7.92. The Morgan fingerprint density at radius 3 is 2.44 bits per heavy atom. The molecular weight excluding hydrogens is 245 g/mol. The van der Waals surface area contributed by atoms with E-state index in [1.54, 1.807) is 0 Å². The van der Waals surface area contributed by atoms with Crippen LogP contribution in [0.2, 0.25) is 0 Å². The summed E-state index contributed by atoms with van der Waals surface area (Å²) in [6.07, 6.45) is -5.97. The van der Waals surface area contributed by atoms with E-state index in [-0.39, 0.29) is 12.2 Å². The number of rotatable bonds is 3. The number of hydrogen-bond donors (Lipinski definition) is 1. The molecule has 3 nitrogen and oxygen atoms in total. The standard InChI is InChI=1S/C9H15F3O3S/c10-9(11,12)5-4-7(13)8-3-1-2-6-16(8,14)15/h7-8,13H,1-6H2. The van der Waals surface area contributed by atoms with Gasteiger partial charge in [-0.2, -0.15) is 13.2 Å². The molecule has 0 saturated carbocycles. The van der Waals surface area contributed by atoms with E-state index in [2.05, 4.69) is 0 Å². The van der Waals surface area contributed by atoms with E-state index in [9.17, 15) is 26.7 Å². The van der Waals surface area contributed by atoms with E-state index in [0.29, 0.717) is 12.8 Å². The molecule has 1 saturated heterocycles. The molecule has 96 valence electrons. The van der Waals surface area contributed by atoms with Crippen LogP contribution in [-0.2, 0) is 9.84 Å². The maximum Gasteiger partial charge on any atom is 0.389 e. The van der Waals surface area contributed by atoms with Crippen molar-refractivity contribution in [2.24, 2.45) is 0 Å². The molecule has 1 aliphatic heterocycles. The van der Waals surface area contributed by atoms with Crippen LogP contribution in [0.4, 0.5) is 13.2 Å². The molecule has 0 spiro atoms. The van der Waals surface area contributed by atoms with E-state index >= 15 is 0 Å². The SMILES string of the molecule is O=S1(=O)CCCCC1C(O)CCC(F)(F)F. The highest BCUT2D eigenvalue weighted by Gasteiger charge is 2.37. The third-order valence-corrected chi connectivity index (χ3v) is 5.11. The van der Waals surface area contributed by atoms with Crippen LogP contribution in [0.1, 0.15) is 32.1 Å². The Kier molecular flexibility index (Phi) is 4.23. The first-order valence-corrected chi connectivity index (χ1v) is 6.90. The summed E-state index contributed by atoms with van der Waals surface area (Å²) in [5.74, 6) is -0.0270. The zero-order chi connectivity index (χ0) is 12.4. The lowest BCUT2D eigenvalue weighted by Crippen LogP contribution is -2.39. The van der Waals surface area contributed by atoms with Gasteiger partial charge in [0.15, 0.2) is 9.84 Å². The summed E-state index contributed by atoms with van der Waals surface area (Å²) >= 11 is 0. The first kappa shape index (κ1) is 13.8. The zero-order valence-electron chi connectivity index (χ0n) is 8.70. The first-order valence-electron chi connectivity index (χ1n) is 5.19. The first-order chi connectivity index (χ1) is 7.22. The predicted molar refractivity (Wildman–Crippen MR) is 52.7 cm³/mol. The van der Waals surface area contributed by atoms with Crippen molar-refractivity contribution in [2.75, 3.05) is 5.75 Å². The summed E-state index contributed by atoms with van der Waals surface area (Å²) in [7, 11) is -3.41. The van der Waals surface area contributed by atoms with Crippen LogP contribution >= 0.6 is 0 Å². The second-order valence-electron chi connectivity index (χ2n) is 4.12. The van der Waals surface area contributed by atoms with Crippen molar-refractivity contribution in [1.29, 1.82) is 0 Å². The van der Waals surface area contributed by atoms with Gasteiger partial charge >= 0.3 is 6.18 Å². The quantitative estimate of drug-likeness (QED) is 0.839. The van der Waals surface area contributed by atoms with Crippen molar-refractivity contribution in [1.82, 2.24) is 0 Å². The van der Waals surface area contributed by atoms with Crippen LogP contribution in [-0.4, -0.2) is 36.8 Å². The number of aliphatic hydroxyl groups excluding tert-OH is 1. The molecule has 1 heterocycles. The van der Waals surface area contributed by atoms with Crippen molar-refractivity contribution in [2.45, 2.75) is 49.6 Å². The lowest BCUT2D eigenvalue weighted by molar-refractivity contribution is -0.140. The van der Waals surface area contributed by atoms with Gasteiger partial charge in [0.1, 0.15) is 0 Å². The molecular formula is C9H15F3O3S. The van der Waals surface area contributed by atoms with Crippen molar-refractivity contribution in [3.63, 3.8) is 0 Å². The molecule has 2 unspecified atom stereocenters. The molecule has 1 aliphatic rings. The van der Waals surface area contributed by atoms with Gasteiger partial charge in [-0.05, 0) is 19.3 Å². The maximum atomic E-state index is 11.9. The Morgan fingerprint density at radius 2 is 1.94 bits per heavy atom. The van der Waals surface area contributed by atoms with Gasteiger partial charge in [0.05, 0.1) is 17.1 Å². The van der Waals surface area contributed by atoms with E-state index < -0.39 is 40.2 Å². The number of sulfone groups is 1. The molecule has 7 heteroatoms. The third kappa shape index (κ3) is 3.93. The normalized spacial score (nSPS) is 27.6. The number of aliphatic hydroxyl groups is 1. The minimum atomic E-state index is -4.35. The van der Waals surface area contributed by atoms with E-state index in [4.69, 9.17) is 0 Å². The molecule has 0 aromatic carbocycles. The molecule has 0 aromatic rings.